The molecule has 1 aromatic rings. The monoisotopic (exact) mass is 313 g/mol. The van der Waals surface area contributed by atoms with Gasteiger partial charge in [0.15, 0.2) is 0 Å². The first kappa shape index (κ1) is 17.5. The quantitative estimate of drug-likeness (QED) is 0.659. The second kappa shape index (κ2) is 6.36. The number of hydrogen-bond acceptors (Lipinski definition) is 5. The van der Waals surface area contributed by atoms with Gasteiger partial charge in [0.25, 0.3) is 0 Å². The molecule has 1 fully saturated rings. The molecule has 0 aliphatic carbocycles. The Morgan fingerprint density at radius 2 is 1.91 bits per heavy atom. The summed E-state index contributed by atoms with van der Waals surface area (Å²) in [5.41, 5.74) is 7.83. The minimum absolute atomic E-state index is 0.385. The van der Waals surface area contributed by atoms with E-state index in [4.69, 9.17) is 20.3 Å². The first-order valence-electron chi connectivity index (χ1n) is 7.70. The van der Waals surface area contributed by atoms with Gasteiger partial charge >= 0.3 is 7.12 Å². The van der Waals surface area contributed by atoms with Gasteiger partial charge in [0, 0.05) is 12.2 Å². The smallest absolute Gasteiger partial charge is 0.400 e. The standard InChI is InChI=1S/C17H24BN3O2/c1-16(2)17(3,4)23-18(22-16)14(11-21-5)9-12-6-7-15(20)13(8-12)10-19/h6-9,21H,11,20H2,1-5H3. The van der Waals surface area contributed by atoms with Crippen molar-refractivity contribution in [3.8, 4) is 6.07 Å². The average molecular weight is 313 g/mol. The zero-order valence-electron chi connectivity index (χ0n) is 14.4. The number of nitrogens with zero attached hydrogens (tertiary/aromatic N) is 1. The van der Waals surface area contributed by atoms with Crippen LogP contribution < -0.4 is 11.1 Å². The number of likely N-dealkylation sites (N-methyl/N-ethyl adjacent to an activating group) is 1. The summed E-state index contributed by atoms with van der Waals surface area (Å²) in [5.74, 6) is 0. The molecule has 3 N–H and O–H groups in total. The van der Waals surface area contributed by atoms with Crippen LogP contribution >= 0.6 is 0 Å². The third-order valence-corrected chi connectivity index (χ3v) is 4.49. The van der Waals surface area contributed by atoms with Gasteiger partial charge in [-0.3, -0.25) is 0 Å². The summed E-state index contributed by atoms with van der Waals surface area (Å²) in [7, 11) is 1.46. The van der Waals surface area contributed by atoms with Crippen molar-refractivity contribution in [3.05, 3.63) is 34.8 Å². The Morgan fingerprint density at radius 3 is 2.43 bits per heavy atom. The maximum Gasteiger partial charge on any atom is 0.491 e. The molecule has 0 spiro atoms. The predicted octanol–water partition coefficient (Wildman–Crippen LogP) is 2.37. The van der Waals surface area contributed by atoms with Crippen LogP contribution in [0.5, 0.6) is 0 Å². The molecular weight excluding hydrogens is 289 g/mol. The van der Waals surface area contributed by atoms with Crippen LogP contribution in [0.25, 0.3) is 6.08 Å². The number of nitrogen functional groups attached to an aromatic ring is 1. The van der Waals surface area contributed by atoms with Crippen molar-refractivity contribution in [2.45, 2.75) is 38.9 Å². The zero-order valence-corrected chi connectivity index (χ0v) is 14.4. The maximum atomic E-state index is 9.12. The molecule has 122 valence electrons. The fraction of sp³-hybridized carbons (Fsp3) is 0.471. The molecule has 0 amide bonds. The molecule has 0 aromatic heterocycles. The fourth-order valence-corrected chi connectivity index (χ4v) is 2.38. The molecule has 0 unspecified atom stereocenters. The van der Waals surface area contributed by atoms with Crippen LogP contribution in [0.15, 0.2) is 23.7 Å². The first-order valence-corrected chi connectivity index (χ1v) is 7.70. The van der Waals surface area contributed by atoms with Gasteiger partial charge in [-0.25, -0.2) is 0 Å². The average Bonchev–Trinajstić information content (AvgIpc) is 2.69. The lowest BCUT2D eigenvalue weighted by Gasteiger charge is -2.32. The topological polar surface area (TPSA) is 80.3 Å². The largest absolute Gasteiger partial charge is 0.491 e. The third-order valence-electron chi connectivity index (χ3n) is 4.49. The number of nitriles is 1. The summed E-state index contributed by atoms with van der Waals surface area (Å²) in [5, 5.41) is 12.3. The van der Waals surface area contributed by atoms with Crippen molar-refractivity contribution in [1.82, 2.24) is 5.32 Å². The van der Waals surface area contributed by atoms with Gasteiger partial charge in [0.05, 0.1) is 16.8 Å². The summed E-state index contributed by atoms with van der Waals surface area (Å²) >= 11 is 0. The van der Waals surface area contributed by atoms with Crippen LogP contribution in [0.4, 0.5) is 5.69 Å². The van der Waals surface area contributed by atoms with Crippen LogP contribution in [0.3, 0.4) is 0 Å². The van der Waals surface area contributed by atoms with E-state index in [1.807, 2.05) is 46.9 Å². The molecule has 1 heterocycles. The van der Waals surface area contributed by atoms with Gasteiger partial charge in [-0.05, 0) is 57.9 Å². The van der Waals surface area contributed by atoms with Gasteiger partial charge in [0.2, 0.25) is 0 Å². The third kappa shape index (κ3) is 3.58. The fourth-order valence-electron chi connectivity index (χ4n) is 2.38. The molecule has 1 saturated heterocycles. The summed E-state index contributed by atoms with van der Waals surface area (Å²) in [6, 6.07) is 7.51. The summed E-state index contributed by atoms with van der Waals surface area (Å²) in [6.45, 7) is 8.74. The maximum absolute atomic E-state index is 9.12. The van der Waals surface area contributed by atoms with E-state index >= 15 is 0 Å². The molecule has 0 bridgehead atoms. The van der Waals surface area contributed by atoms with Crippen LogP contribution in [0, 0.1) is 11.3 Å². The molecule has 6 heteroatoms. The minimum atomic E-state index is -0.421. The lowest BCUT2D eigenvalue weighted by atomic mass is 9.77. The minimum Gasteiger partial charge on any atom is -0.400 e. The molecule has 0 atom stereocenters. The number of nitrogens with two attached hydrogens (primary N) is 1. The van der Waals surface area contributed by atoms with Gasteiger partial charge in [-0.15, -0.1) is 0 Å². The van der Waals surface area contributed by atoms with E-state index in [1.165, 1.54) is 0 Å². The molecule has 1 aliphatic rings. The van der Waals surface area contributed by atoms with Crippen molar-refractivity contribution in [1.29, 1.82) is 5.26 Å². The number of hydrogen-bond donors (Lipinski definition) is 2. The normalized spacial score (nSPS) is 19.7. The van der Waals surface area contributed by atoms with E-state index < -0.39 is 7.12 Å². The van der Waals surface area contributed by atoms with Crippen molar-refractivity contribution < 1.29 is 9.31 Å². The predicted molar refractivity (Wildman–Crippen MR) is 93.6 cm³/mol. The first-order chi connectivity index (χ1) is 10.7. The lowest BCUT2D eigenvalue weighted by Crippen LogP contribution is -2.41. The van der Waals surface area contributed by atoms with E-state index in [0.717, 1.165) is 11.0 Å². The highest BCUT2D eigenvalue weighted by Crippen LogP contribution is 2.38. The van der Waals surface area contributed by atoms with Crippen LogP contribution in [-0.2, 0) is 9.31 Å². The number of rotatable bonds is 4. The number of anilines is 1. The van der Waals surface area contributed by atoms with Crippen molar-refractivity contribution in [2.24, 2.45) is 0 Å². The van der Waals surface area contributed by atoms with Crippen LogP contribution in [0.2, 0.25) is 0 Å². The van der Waals surface area contributed by atoms with E-state index in [-0.39, 0.29) is 11.2 Å². The molecule has 2 rings (SSSR count). The van der Waals surface area contributed by atoms with Gasteiger partial charge < -0.3 is 20.4 Å². The molecular formula is C17H24BN3O2. The van der Waals surface area contributed by atoms with Crippen molar-refractivity contribution >= 4 is 18.9 Å². The molecule has 5 nitrogen and oxygen atoms in total. The molecule has 0 saturated carbocycles. The summed E-state index contributed by atoms with van der Waals surface area (Å²) in [4.78, 5) is 0. The van der Waals surface area contributed by atoms with Gasteiger partial charge in [0.1, 0.15) is 6.07 Å². The Kier molecular flexibility index (Phi) is 4.85. The Balaban J connectivity index is 2.34. The van der Waals surface area contributed by atoms with E-state index in [2.05, 4.69) is 11.4 Å². The molecule has 23 heavy (non-hydrogen) atoms. The Bertz CT molecular complexity index is 646. The summed E-state index contributed by atoms with van der Waals surface area (Å²) in [6.07, 6.45) is 1.99. The number of nitrogens with one attached hydrogen (secondary N) is 1. The van der Waals surface area contributed by atoms with E-state index in [9.17, 15) is 0 Å². The Labute approximate surface area is 138 Å². The second-order valence-corrected chi connectivity index (χ2v) is 6.80. The highest BCUT2D eigenvalue weighted by Gasteiger charge is 2.52. The van der Waals surface area contributed by atoms with Crippen LogP contribution in [-0.4, -0.2) is 31.9 Å². The Hall–Kier alpha value is -1.81. The SMILES string of the molecule is CNCC(=Cc1ccc(N)c(C#N)c1)B1OC(C)(C)C(C)(C)O1. The lowest BCUT2D eigenvalue weighted by molar-refractivity contribution is 0.00578. The van der Waals surface area contributed by atoms with Gasteiger partial charge in [-0.2, -0.15) is 5.26 Å². The van der Waals surface area contributed by atoms with Crippen molar-refractivity contribution in [2.75, 3.05) is 19.3 Å². The van der Waals surface area contributed by atoms with Crippen molar-refractivity contribution in [3.63, 3.8) is 0 Å². The van der Waals surface area contributed by atoms with E-state index in [1.54, 1.807) is 12.1 Å². The van der Waals surface area contributed by atoms with Gasteiger partial charge in [-0.1, -0.05) is 12.1 Å². The van der Waals surface area contributed by atoms with E-state index in [0.29, 0.717) is 17.8 Å². The highest BCUT2D eigenvalue weighted by molar-refractivity contribution is 6.55. The molecule has 1 aromatic carbocycles. The zero-order chi connectivity index (χ0) is 17.3. The summed E-state index contributed by atoms with van der Waals surface area (Å²) < 4.78 is 12.2. The second-order valence-electron chi connectivity index (χ2n) is 6.80. The van der Waals surface area contributed by atoms with Crippen LogP contribution in [0.1, 0.15) is 38.8 Å². The highest BCUT2D eigenvalue weighted by atomic mass is 16.7. The molecule has 1 aliphatic heterocycles. The molecule has 0 radical (unpaired) electrons. The Morgan fingerprint density at radius 1 is 1.30 bits per heavy atom. The number of benzene rings is 1.